The number of hydrogen-bond donors (Lipinski definition) is 1. The van der Waals surface area contributed by atoms with E-state index in [0.29, 0.717) is 16.1 Å². The van der Waals surface area contributed by atoms with Crippen molar-refractivity contribution >= 4 is 23.2 Å². The van der Waals surface area contributed by atoms with Crippen LogP contribution in [0, 0.1) is 5.92 Å². The molecule has 19 heavy (non-hydrogen) atoms. The van der Waals surface area contributed by atoms with E-state index >= 15 is 0 Å². The third-order valence-corrected chi connectivity index (χ3v) is 4.13. The molecule has 0 amide bonds. The van der Waals surface area contributed by atoms with Crippen LogP contribution in [0.2, 0.25) is 10.0 Å². The van der Waals surface area contributed by atoms with Crippen molar-refractivity contribution in [1.29, 1.82) is 0 Å². The summed E-state index contributed by atoms with van der Waals surface area (Å²) in [5.74, 6) is 0.737. The van der Waals surface area contributed by atoms with Crippen LogP contribution >= 0.6 is 23.2 Å². The van der Waals surface area contributed by atoms with Gasteiger partial charge in [0.1, 0.15) is 0 Å². The Hall–Kier alpha value is -0.240. The molecule has 0 aliphatic carbocycles. The van der Waals surface area contributed by atoms with Crippen LogP contribution in [0.5, 0.6) is 0 Å². The predicted molar refractivity (Wildman–Crippen MR) is 86.3 cm³/mol. The lowest BCUT2D eigenvalue weighted by molar-refractivity contribution is 0.427. The van der Waals surface area contributed by atoms with Crippen LogP contribution in [0.4, 0.5) is 0 Å². The highest BCUT2D eigenvalue weighted by molar-refractivity contribution is 6.42. The number of halogens is 2. The van der Waals surface area contributed by atoms with Gasteiger partial charge in [0.15, 0.2) is 0 Å². The molecular formula is C16H25Cl2N. The Morgan fingerprint density at radius 2 is 1.89 bits per heavy atom. The second-order valence-electron chi connectivity index (χ2n) is 5.54. The van der Waals surface area contributed by atoms with Gasteiger partial charge >= 0.3 is 0 Å². The van der Waals surface area contributed by atoms with Crippen LogP contribution in [0.25, 0.3) is 0 Å². The van der Waals surface area contributed by atoms with Crippen LogP contribution in [-0.4, -0.2) is 12.6 Å². The average molecular weight is 302 g/mol. The van der Waals surface area contributed by atoms with Crippen molar-refractivity contribution in [2.24, 2.45) is 5.92 Å². The zero-order valence-corrected chi connectivity index (χ0v) is 13.7. The molecule has 0 spiro atoms. The lowest BCUT2D eigenvalue weighted by Crippen LogP contribution is -2.32. The summed E-state index contributed by atoms with van der Waals surface area (Å²) >= 11 is 12.4. The summed E-state index contributed by atoms with van der Waals surface area (Å²) in [6, 6.07) is 6.38. The minimum absolute atomic E-state index is 0.485. The molecule has 0 aliphatic rings. The number of rotatable bonds is 8. The molecule has 0 fully saturated rings. The molecule has 0 heterocycles. The van der Waals surface area contributed by atoms with E-state index in [2.05, 4.69) is 32.2 Å². The van der Waals surface area contributed by atoms with Crippen molar-refractivity contribution in [2.75, 3.05) is 6.54 Å². The van der Waals surface area contributed by atoms with Gasteiger partial charge in [-0.25, -0.2) is 0 Å². The number of nitrogens with one attached hydrogen (secondary N) is 1. The van der Waals surface area contributed by atoms with Gasteiger partial charge in [-0.1, -0.05) is 56.1 Å². The Kier molecular flexibility index (Phi) is 7.82. The van der Waals surface area contributed by atoms with E-state index < -0.39 is 0 Å². The predicted octanol–water partition coefficient (Wildman–Crippen LogP) is 5.34. The molecule has 1 atom stereocenters. The maximum absolute atomic E-state index is 6.27. The van der Waals surface area contributed by atoms with E-state index in [0.717, 1.165) is 30.9 Å². The first-order valence-corrected chi connectivity index (χ1v) is 7.96. The normalized spacial score (nSPS) is 12.9. The number of benzene rings is 1. The Balaban J connectivity index is 2.66. The van der Waals surface area contributed by atoms with E-state index in [4.69, 9.17) is 23.2 Å². The molecule has 1 nitrogen and oxygen atoms in total. The Morgan fingerprint density at radius 3 is 2.53 bits per heavy atom. The fraction of sp³-hybridized carbons (Fsp3) is 0.625. The molecule has 0 saturated carbocycles. The topological polar surface area (TPSA) is 12.0 Å². The summed E-state index contributed by atoms with van der Waals surface area (Å²) in [4.78, 5) is 0. The molecule has 1 rings (SSSR count). The van der Waals surface area contributed by atoms with Crippen molar-refractivity contribution in [2.45, 2.75) is 52.5 Å². The summed E-state index contributed by atoms with van der Waals surface area (Å²) in [5.41, 5.74) is 1.14. The zero-order valence-electron chi connectivity index (χ0n) is 12.2. The summed E-state index contributed by atoms with van der Waals surface area (Å²) < 4.78 is 0. The molecule has 3 heteroatoms. The zero-order chi connectivity index (χ0) is 14.3. The van der Waals surface area contributed by atoms with Crippen LogP contribution in [0.1, 0.15) is 45.6 Å². The maximum atomic E-state index is 6.27. The second-order valence-corrected chi connectivity index (χ2v) is 6.32. The summed E-state index contributed by atoms with van der Waals surface area (Å²) in [6.45, 7) is 7.78. The van der Waals surface area contributed by atoms with E-state index in [1.807, 2.05) is 12.1 Å². The molecule has 0 saturated heterocycles. The molecule has 1 aromatic carbocycles. The van der Waals surface area contributed by atoms with Crippen LogP contribution in [-0.2, 0) is 6.42 Å². The van der Waals surface area contributed by atoms with Crippen molar-refractivity contribution in [3.05, 3.63) is 33.8 Å². The number of hydrogen-bond acceptors (Lipinski definition) is 1. The molecule has 1 unspecified atom stereocenters. The summed E-state index contributed by atoms with van der Waals surface area (Å²) in [5, 5.41) is 4.97. The lowest BCUT2D eigenvalue weighted by atomic mass is 9.97. The van der Waals surface area contributed by atoms with Gasteiger partial charge < -0.3 is 5.32 Å². The van der Waals surface area contributed by atoms with Gasteiger partial charge in [0, 0.05) is 6.04 Å². The van der Waals surface area contributed by atoms with Crippen molar-refractivity contribution in [3.63, 3.8) is 0 Å². The minimum atomic E-state index is 0.485. The summed E-state index contributed by atoms with van der Waals surface area (Å²) in [6.07, 6.45) is 4.52. The smallest absolute Gasteiger partial charge is 0.0624 e. The van der Waals surface area contributed by atoms with Gasteiger partial charge in [-0.15, -0.1) is 0 Å². The Morgan fingerprint density at radius 1 is 1.16 bits per heavy atom. The highest BCUT2D eigenvalue weighted by Gasteiger charge is 2.13. The first-order chi connectivity index (χ1) is 9.04. The van der Waals surface area contributed by atoms with Gasteiger partial charge in [0.05, 0.1) is 10.0 Å². The molecule has 0 radical (unpaired) electrons. The Bertz CT molecular complexity index is 377. The largest absolute Gasteiger partial charge is 0.314 e. The highest BCUT2D eigenvalue weighted by atomic mass is 35.5. The van der Waals surface area contributed by atoms with Gasteiger partial charge in [-0.3, -0.25) is 0 Å². The average Bonchev–Trinajstić information content (AvgIpc) is 2.37. The molecule has 1 N–H and O–H groups in total. The Labute approximate surface area is 127 Å². The van der Waals surface area contributed by atoms with E-state index in [1.165, 1.54) is 12.8 Å². The van der Waals surface area contributed by atoms with Crippen molar-refractivity contribution in [1.82, 2.24) is 5.32 Å². The standard InChI is InChI=1S/C16H25Cl2N/c1-4-10-19-14(9-8-12(2)3)11-13-6-5-7-15(17)16(13)18/h5-7,12,14,19H,4,8-11H2,1-3H3. The van der Waals surface area contributed by atoms with Crippen LogP contribution < -0.4 is 5.32 Å². The van der Waals surface area contributed by atoms with Gasteiger partial charge in [0.2, 0.25) is 0 Å². The van der Waals surface area contributed by atoms with E-state index in [9.17, 15) is 0 Å². The van der Waals surface area contributed by atoms with Gasteiger partial charge in [0.25, 0.3) is 0 Å². The summed E-state index contributed by atoms with van der Waals surface area (Å²) in [7, 11) is 0. The molecule has 0 bridgehead atoms. The molecule has 0 aromatic heterocycles. The van der Waals surface area contributed by atoms with Gasteiger partial charge in [-0.05, 0) is 49.8 Å². The first-order valence-electron chi connectivity index (χ1n) is 7.20. The fourth-order valence-electron chi connectivity index (χ4n) is 2.13. The van der Waals surface area contributed by atoms with Crippen molar-refractivity contribution < 1.29 is 0 Å². The molecule has 108 valence electrons. The highest BCUT2D eigenvalue weighted by Crippen LogP contribution is 2.27. The maximum Gasteiger partial charge on any atom is 0.0624 e. The van der Waals surface area contributed by atoms with Crippen molar-refractivity contribution in [3.8, 4) is 0 Å². The molecular weight excluding hydrogens is 277 g/mol. The third-order valence-electron chi connectivity index (χ3n) is 3.27. The van der Waals surface area contributed by atoms with Gasteiger partial charge in [-0.2, -0.15) is 0 Å². The second kappa shape index (κ2) is 8.84. The van der Waals surface area contributed by atoms with E-state index in [1.54, 1.807) is 0 Å². The third kappa shape index (κ3) is 6.16. The minimum Gasteiger partial charge on any atom is -0.314 e. The SMILES string of the molecule is CCCNC(CCC(C)C)Cc1cccc(Cl)c1Cl. The molecule has 1 aromatic rings. The monoisotopic (exact) mass is 301 g/mol. The van der Waals surface area contributed by atoms with E-state index in [-0.39, 0.29) is 0 Å². The quantitative estimate of drug-likeness (QED) is 0.683. The lowest BCUT2D eigenvalue weighted by Gasteiger charge is -2.20. The fourth-order valence-corrected chi connectivity index (χ4v) is 2.53. The molecule has 0 aliphatic heterocycles. The van der Waals surface area contributed by atoms with Crippen LogP contribution in [0.3, 0.4) is 0 Å². The first kappa shape index (κ1) is 16.8. The van der Waals surface area contributed by atoms with Crippen LogP contribution in [0.15, 0.2) is 18.2 Å².